The number of carbonyl (C=O) groups is 1. The van der Waals surface area contributed by atoms with Gasteiger partial charge in [-0.25, -0.2) is 0 Å². The number of benzene rings is 3. The minimum absolute atomic E-state index is 0.146. The molecule has 6 heteroatoms. The van der Waals surface area contributed by atoms with Gasteiger partial charge in [0.2, 0.25) is 5.91 Å². The summed E-state index contributed by atoms with van der Waals surface area (Å²) in [4.78, 5) is 12.4. The molecule has 0 aliphatic carbocycles. The molecule has 0 radical (unpaired) electrons. The van der Waals surface area contributed by atoms with Crippen LogP contribution in [0.15, 0.2) is 84.0 Å². The Morgan fingerprint density at radius 2 is 1.71 bits per heavy atom. The average Bonchev–Trinajstić information content (AvgIpc) is 2.74. The van der Waals surface area contributed by atoms with Gasteiger partial charge >= 0.3 is 0 Å². The molecule has 4 rings (SSSR count). The third-order valence-electron chi connectivity index (χ3n) is 4.25. The van der Waals surface area contributed by atoms with Crippen LogP contribution in [0.2, 0.25) is 5.02 Å². The summed E-state index contributed by atoms with van der Waals surface area (Å²) < 4.78 is 0. The predicted octanol–water partition coefficient (Wildman–Crippen LogP) is 5.68. The minimum Gasteiger partial charge on any atom is -0.324 e. The molecule has 1 heterocycles. The van der Waals surface area contributed by atoms with Crippen LogP contribution in [0.4, 0.5) is 5.69 Å². The highest BCUT2D eigenvalue weighted by Crippen LogP contribution is 2.34. The number of fused-ring (bicyclic) bond motifs is 1. The molecular formula is C22H16ClN3OS. The predicted molar refractivity (Wildman–Crippen MR) is 116 cm³/mol. The Bertz CT molecular complexity index is 1140. The van der Waals surface area contributed by atoms with Crippen molar-refractivity contribution in [1.82, 2.24) is 10.2 Å². The van der Waals surface area contributed by atoms with Crippen LogP contribution in [0.5, 0.6) is 0 Å². The molecule has 0 aliphatic rings. The van der Waals surface area contributed by atoms with Crippen molar-refractivity contribution in [3.63, 3.8) is 0 Å². The summed E-state index contributed by atoms with van der Waals surface area (Å²) in [6.07, 6.45) is 1.67. The molecular weight excluding hydrogens is 390 g/mol. The zero-order valence-electron chi connectivity index (χ0n) is 14.8. The van der Waals surface area contributed by atoms with Gasteiger partial charge in [-0.15, -0.1) is 5.10 Å². The van der Waals surface area contributed by atoms with E-state index in [0.29, 0.717) is 15.7 Å². The first kappa shape index (κ1) is 18.5. The standard InChI is InChI=1S/C22H16ClN3OS/c23-19-10-3-4-11-20(19)25-21(27)14-28-22-18(12-13-24-26-22)17-9-5-7-15-6-1-2-8-16(15)17/h1-13H,14H2,(H,25,27). The molecule has 4 nitrogen and oxygen atoms in total. The Morgan fingerprint density at radius 1 is 0.929 bits per heavy atom. The highest BCUT2D eigenvalue weighted by atomic mass is 35.5. The van der Waals surface area contributed by atoms with Gasteiger partial charge in [-0.1, -0.05) is 78.0 Å². The van der Waals surface area contributed by atoms with E-state index in [2.05, 4.69) is 39.8 Å². The van der Waals surface area contributed by atoms with Crippen LogP contribution in [-0.4, -0.2) is 21.9 Å². The molecule has 1 aromatic heterocycles. The molecule has 0 aliphatic heterocycles. The SMILES string of the molecule is O=C(CSc1nnccc1-c1cccc2ccccc12)Nc1ccccc1Cl. The van der Waals surface area contributed by atoms with Crippen molar-refractivity contribution in [2.45, 2.75) is 5.03 Å². The second-order valence-corrected chi connectivity index (χ2v) is 7.46. The Labute approximate surface area is 172 Å². The Morgan fingerprint density at radius 3 is 2.61 bits per heavy atom. The highest BCUT2D eigenvalue weighted by Gasteiger charge is 2.13. The summed E-state index contributed by atoms with van der Waals surface area (Å²) in [5.74, 6) is 0.0643. The van der Waals surface area contributed by atoms with Gasteiger partial charge in [0.1, 0.15) is 5.03 Å². The summed E-state index contributed by atoms with van der Waals surface area (Å²) in [5, 5.41) is 14.6. The molecule has 0 fully saturated rings. The third kappa shape index (κ3) is 4.01. The number of nitrogens with zero attached hydrogens (tertiary/aromatic N) is 2. The minimum atomic E-state index is -0.146. The molecule has 4 aromatic rings. The van der Waals surface area contributed by atoms with E-state index >= 15 is 0 Å². The van der Waals surface area contributed by atoms with E-state index in [1.807, 2.05) is 36.4 Å². The van der Waals surface area contributed by atoms with Gasteiger partial charge in [-0.2, -0.15) is 5.10 Å². The van der Waals surface area contributed by atoms with E-state index in [4.69, 9.17) is 11.6 Å². The fourth-order valence-electron chi connectivity index (χ4n) is 2.97. The van der Waals surface area contributed by atoms with E-state index in [0.717, 1.165) is 21.9 Å². The fraction of sp³-hybridized carbons (Fsp3) is 0.0455. The van der Waals surface area contributed by atoms with Crippen molar-refractivity contribution in [3.05, 3.63) is 84.0 Å². The number of carbonyl (C=O) groups excluding carboxylic acids is 1. The average molecular weight is 406 g/mol. The van der Waals surface area contributed by atoms with Gasteiger partial charge in [0.05, 0.1) is 22.7 Å². The largest absolute Gasteiger partial charge is 0.324 e. The smallest absolute Gasteiger partial charge is 0.234 e. The van der Waals surface area contributed by atoms with Gasteiger partial charge < -0.3 is 5.32 Å². The van der Waals surface area contributed by atoms with E-state index < -0.39 is 0 Å². The van der Waals surface area contributed by atoms with E-state index in [-0.39, 0.29) is 11.7 Å². The molecule has 0 atom stereocenters. The van der Waals surface area contributed by atoms with Crippen LogP contribution in [-0.2, 0) is 4.79 Å². The number of hydrogen-bond acceptors (Lipinski definition) is 4. The zero-order valence-corrected chi connectivity index (χ0v) is 16.4. The lowest BCUT2D eigenvalue weighted by molar-refractivity contribution is -0.113. The molecule has 3 aromatic carbocycles. The number of hydrogen-bond donors (Lipinski definition) is 1. The molecule has 0 spiro atoms. The first-order chi connectivity index (χ1) is 13.7. The lowest BCUT2D eigenvalue weighted by atomic mass is 10.00. The summed E-state index contributed by atoms with van der Waals surface area (Å²) in [6.45, 7) is 0. The van der Waals surface area contributed by atoms with Crippen LogP contribution >= 0.6 is 23.4 Å². The molecule has 0 unspecified atom stereocenters. The van der Waals surface area contributed by atoms with Gasteiger partial charge in [0, 0.05) is 5.56 Å². The summed E-state index contributed by atoms with van der Waals surface area (Å²) >= 11 is 7.46. The molecule has 1 N–H and O–H groups in total. The maximum absolute atomic E-state index is 12.4. The number of nitrogens with one attached hydrogen (secondary N) is 1. The number of para-hydroxylation sites is 1. The molecule has 28 heavy (non-hydrogen) atoms. The van der Waals surface area contributed by atoms with Crippen molar-refractivity contribution in [1.29, 1.82) is 0 Å². The van der Waals surface area contributed by atoms with Gasteiger partial charge in [0.15, 0.2) is 0 Å². The normalized spacial score (nSPS) is 10.8. The van der Waals surface area contributed by atoms with Crippen molar-refractivity contribution < 1.29 is 4.79 Å². The number of anilines is 1. The lowest BCUT2D eigenvalue weighted by Gasteiger charge is -2.11. The molecule has 138 valence electrons. The van der Waals surface area contributed by atoms with Crippen LogP contribution < -0.4 is 5.32 Å². The van der Waals surface area contributed by atoms with Gasteiger partial charge in [-0.05, 0) is 34.5 Å². The molecule has 0 saturated carbocycles. The third-order valence-corrected chi connectivity index (χ3v) is 5.57. The maximum Gasteiger partial charge on any atom is 0.234 e. The van der Waals surface area contributed by atoms with E-state index in [9.17, 15) is 4.79 Å². The highest BCUT2D eigenvalue weighted by molar-refractivity contribution is 8.00. The van der Waals surface area contributed by atoms with Crippen LogP contribution in [0.3, 0.4) is 0 Å². The summed E-state index contributed by atoms with van der Waals surface area (Å²) in [5.41, 5.74) is 2.63. The maximum atomic E-state index is 12.4. The van der Waals surface area contributed by atoms with Gasteiger partial charge in [-0.3, -0.25) is 4.79 Å². The van der Waals surface area contributed by atoms with E-state index in [1.54, 1.807) is 18.3 Å². The van der Waals surface area contributed by atoms with Crippen LogP contribution in [0.1, 0.15) is 0 Å². The summed E-state index contributed by atoms with van der Waals surface area (Å²) in [6, 6.07) is 23.5. The number of thioether (sulfide) groups is 1. The topological polar surface area (TPSA) is 54.9 Å². The second kappa shape index (κ2) is 8.42. The van der Waals surface area contributed by atoms with Gasteiger partial charge in [0.25, 0.3) is 0 Å². The van der Waals surface area contributed by atoms with Crippen LogP contribution in [0.25, 0.3) is 21.9 Å². The lowest BCUT2D eigenvalue weighted by Crippen LogP contribution is -2.14. The Kier molecular flexibility index (Phi) is 5.55. The Balaban J connectivity index is 1.57. The fourth-order valence-corrected chi connectivity index (χ4v) is 3.93. The number of rotatable bonds is 5. The van der Waals surface area contributed by atoms with Crippen molar-refractivity contribution in [3.8, 4) is 11.1 Å². The van der Waals surface area contributed by atoms with Crippen molar-refractivity contribution in [2.75, 3.05) is 11.1 Å². The molecule has 1 amide bonds. The quantitative estimate of drug-likeness (QED) is 0.434. The van der Waals surface area contributed by atoms with Crippen molar-refractivity contribution in [2.24, 2.45) is 0 Å². The molecule has 0 bridgehead atoms. The van der Waals surface area contributed by atoms with Crippen LogP contribution in [0, 0.1) is 0 Å². The first-order valence-electron chi connectivity index (χ1n) is 8.69. The van der Waals surface area contributed by atoms with E-state index in [1.165, 1.54) is 11.8 Å². The monoisotopic (exact) mass is 405 g/mol. The Hall–Kier alpha value is -2.89. The number of amides is 1. The first-order valence-corrected chi connectivity index (χ1v) is 10.1. The molecule has 0 saturated heterocycles. The second-order valence-electron chi connectivity index (χ2n) is 6.09. The van der Waals surface area contributed by atoms with Crippen molar-refractivity contribution >= 4 is 45.7 Å². The number of halogens is 1. The summed E-state index contributed by atoms with van der Waals surface area (Å²) in [7, 11) is 0. The number of aromatic nitrogens is 2. The zero-order chi connectivity index (χ0) is 19.3.